The van der Waals surface area contributed by atoms with E-state index in [4.69, 9.17) is 0 Å². The van der Waals surface area contributed by atoms with E-state index in [-0.39, 0.29) is 6.04 Å². The Balaban J connectivity index is 1.85. The lowest BCUT2D eigenvalue weighted by atomic mass is 10.1. The minimum absolute atomic E-state index is 0.245. The molecule has 4 nitrogen and oxygen atoms in total. The van der Waals surface area contributed by atoms with E-state index < -0.39 is 5.97 Å². The maximum Gasteiger partial charge on any atom is 0.321 e. The second kappa shape index (κ2) is 4.72. The van der Waals surface area contributed by atoms with E-state index >= 15 is 0 Å². The Hall–Kier alpha value is -0.610. The first-order chi connectivity index (χ1) is 7.58. The number of aliphatic carboxylic acids is 1. The van der Waals surface area contributed by atoms with Crippen LogP contribution in [0.3, 0.4) is 0 Å². The van der Waals surface area contributed by atoms with Crippen LogP contribution in [0.4, 0.5) is 0 Å². The number of carboxylic acid groups (broad SMARTS) is 1. The Kier molecular flexibility index (Phi) is 3.50. The van der Waals surface area contributed by atoms with E-state index in [1.807, 2.05) is 7.05 Å². The monoisotopic (exact) mass is 226 g/mol. The summed E-state index contributed by atoms with van der Waals surface area (Å²) >= 11 is 0. The topological polar surface area (TPSA) is 43.8 Å². The summed E-state index contributed by atoms with van der Waals surface area (Å²) in [5, 5.41) is 9.23. The number of nitrogens with zero attached hydrogens (tertiary/aromatic N) is 2. The normalized spacial score (nSPS) is 28.6. The molecule has 1 saturated heterocycles. The summed E-state index contributed by atoms with van der Waals surface area (Å²) in [5.74, 6) is 0.411. The summed E-state index contributed by atoms with van der Waals surface area (Å²) in [4.78, 5) is 15.6. The van der Waals surface area contributed by atoms with Gasteiger partial charge < -0.3 is 10.0 Å². The van der Waals surface area contributed by atoms with Crippen LogP contribution in [0.1, 0.15) is 19.3 Å². The van der Waals surface area contributed by atoms with Crippen molar-refractivity contribution in [3.8, 4) is 0 Å². The van der Waals surface area contributed by atoms with Gasteiger partial charge in [0.1, 0.15) is 6.04 Å². The Morgan fingerprint density at radius 2 is 2.19 bits per heavy atom. The zero-order chi connectivity index (χ0) is 11.7. The number of rotatable bonds is 5. The molecule has 1 N–H and O–H groups in total. The lowest BCUT2D eigenvalue weighted by Crippen LogP contribution is -2.43. The number of carboxylic acids is 1. The van der Waals surface area contributed by atoms with Crippen LogP contribution in [-0.4, -0.2) is 60.6 Å². The van der Waals surface area contributed by atoms with Gasteiger partial charge in [-0.3, -0.25) is 9.69 Å². The van der Waals surface area contributed by atoms with Crippen LogP contribution in [0, 0.1) is 11.8 Å². The smallest absolute Gasteiger partial charge is 0.321 e. The van der Waals surface area contributed by atoms with E-state index in [0.29, 0.717) is 11.8 Å². The van der Waals surface area contributed by atoms with E-state index in [2.05, 4.69) is 16.8 Å². The standard InChI is InChI=1S/C12H22N2O2/c1-13-6-5-9(7-13)8-14(2)11(12(15)16)10-3-4-10/h9-11H,3-8H2,1-2H3,(H,15,16). The summed E-state index contributed by atoms with van der Waals surface area (Å²) < 4.78 is 0. The van der Waals surface area contributed by atoms with Gasteiger partial charge >= 0.3 is 5.97 Å². The lowest BCUT2D eigenvalue weighted by Gasteiger charge is -2.27. The van der Waals surface area contributed by atoms with Crippen molar-refractivity contribution in [2.45, 2.75) is 25.3 Å². The average molecular weight is 226 g/mol. The fourth-order valence-electron chi connectivity index (χ4n) is 2.86. The highest BCUT2D eigenvalue weighted by molar-refractivity contribution is 5.74. The predicted octanol–water partition coefficient (Wildman–Crippen LogP) is 0.733. The van der Waals surface area contributed by atoms with E-state index in [1.54, 1.807) is 0 Å². The summed E-state index contributed by atoms with van der Waals surface area (Å²) in [5.41, 5.74) is 0. The molecular formula is C12H22N2O2. The number of likely N-dealkylation sites (N-methyl/N-ethyl adjacent to an activating group) is 1. The third kappa shape index (κ3) is 2.74. The molecule has 0 aromatic rings. The zero-order valence-electron chi connectivity index (χ0n) is 10.2. The van der Waals surface area contributed by atoms with Gasteiger partial charge in [0.15, 0.2) is 0 Å². The highest BCUT2D eigenvalue weighted by Crippen LogP contribution is 2.35. The van der Waals surface area contributed by atoms with Gasteiger partial charge in [0.05, 0.1) is 0 Å². The molecule has 2 fully saturated rings. The first-order valence-electron chi connectivity index (χ1n) is 6.19. The third-order valence-electron chi connectivity index (χ3n) is 3.83. The van der Waals surface area contributed by atoms with Crippen molar-refractivity contribution in [3.63, 3.8) is 0 Å². The van der Waals surface area contributed by atoms with Crippen LogP contribution in [0.2, 0.25) is 0 Å². The fraction of sp³-hybridized carbons (Fsp3) is 0.917. The van der Waals surface area contributed by atoms with Crippen molar-refractivity contribution >= 4 is 5.97 Å². The minimum Gasteiger partial charge on any atom is -0.480 e. The highest BCUT2D eigenvalue weighted by atomic mass is 16.4. The molecule has 4 heteroatoms. The zero-order valence-corrected chi connectivity index (χ0v) is 10.2. The summed E-state index contributed by atoms with van der Waals surface area (Å²) in [6.07, 6.45) is 3.38. The molecule has 2 rings (SSSR count). The summed E-state index contributed by atoms with van der Waals surface area (Å²) in [6, 6.07) is -0.245. The van der Waals surface area contributed by atoms with Crippen molar-refractivity contribution in [3.05, 3.63) is 0 Å². The maximum atomic E-state index is 11.2. The molecule has 0 amide bonds. The van der Waals surface area contributed by atoms with Gasteiger partial charge in [0, 0.05) is 13.1 Å². The van der Waals surface area contributed by atoms with Gasteiger partial charge in [-0.05, 0) is 51.7 Å². The fourth-order valence-corrected chi connectivity index (χ4v) is 2.86. The van der Waals surface area contributed by atoms with Crippen LogP contribution >= 0.6 is 0 Å². The quantitative estimate of drug-likeness (QED) is 0.750. The summed E-state index contributed by atoms with van der Waals surface area (Å²) in [7, 11) is 4.10. The number of hydrogen-bond acceptors (Lipinski definition) is 3. The first-order valence-corrected chi connectivity index (χ1v) is 6.19. The average Bonchev–Trinajstić information content (AvgIpc) is 2.91. The molecule has 92 valence electrons. The molecule has 2 atom stereocenters. The first kappa shape index (κ1) is 11.9. The lowest BCUT2D eigenvalue weighted by molar-refractivity contribution is -0.143. The Morgan fingerprint density at radius 3 is 2.62 bits per heavy atom. The molecule has 16 heavy (non-hydrogen) atoms. The molecule has 0 bridgehead atoms. The van der Waals surface area contributed by atoms with Gasteiger partial charge in [0.2, 0.25) is 0 Å². The van der Waals surface area contributed by atoms with Crippen molar-refractivity contribution in [1.82, 2.24) is 9.80 Å². The van der Waals surface area contributed by atoms with Crippen molar-refractivity contribution in [1.29, 1.82) is 0 Å². The van der Waals surface area contributed by atoms with Gasteiger partial charge in [0.25, 0.3) is 0 Å². The maximum absolute atomic E-state index is 11.2. The van der Waals surface area contributed by atoms with Gasteiger partial charge in [-0.2, -0.15) is 0 Å². The number of likely N-dealkylation sites (tertiary alicyclic amines) is 1. The molecule has 0 aromatic heterocycles. The molecule has 1 saturated carbocycles. The molecule has 1 aliphatic heterocycles. The van der Waals surface area contributed by atoms with E-state index in [0.717, 1.165) is 32.5 Å². The van der Waals surface area contributed by atoms with Crippen LogP contribution < -0.4 is 0 Å². The third-order valence-corrected chi connectivity index (χ3v) is 3.83. The highest BCUT2D eigenvalue weighted by Gasteiger charge is 2.39. The molecule has 2 aliphatic rings. The van der Waals surface area contributed by atoms with Crippen LogP contribution in [0.25, 0.3) is 0 Å². The molecule has 0 spiro atoms. The van der Waals surface area contributed by atoms with Crippen molar-refractivity contribution in [2.75, 3.05) is 33.7 Å². The second-order valence-corrected chi connectivity index (χ2v) is 5.48. The van der Waals surface area contributed by atoms with E-state index in [9.17, 15) is 9.90 Å². The Labute approximate surface area is 97.2 Å². The summed E-state index contributed by atoms with van der Waals surface area (Å²) in [6.45, 7) is 3.19. The largest absolute Gasteiger partial charge is 0.480 e. The molecular weight excluding hydrogens is 204 g/mol. The SMILES string of the molecule is CN1CCC(CN(C)C(C(=O)O)C2CC2)C1. The van der Waals surface area contributed by atoms with Crippen molar-refractivity contribution < 1.29 is 9.90 Å². The van der Waals surface area contributed by atoms with Crippen LogP contribution in [0.15, 0.2) is 0 Å². The Morgan fingerprint density at radius 1 is 1.50 bits per heavy atom. The minimum atomic E-state index is -0.642. The molecule has 2 unspecified atom stereocenters. The van der Waals surface area contributed by atoms with Crippen molar-refractivity contribution in [2.24, 2.45) is 11.8 Å². The number of carbonyl (C=O) groups is 1. The Bertz CT molecular complexity index is 266. The molecule has 0 aromatic carbocycles. The predicted molar refractivity (Wildman–Crippen MR) is 62.4 cm³/mol. The van der Waals surface area contributed by atoms with E-state index in [1.165, 1.54) is 6.42 Å². The van der Waals surface area contributed by atoms with Crippen LogP contribution in [-0.2, 0) is 4.79 Å². The number of hydrogen-bond donors (Lipinski definition) is 1. The second-order valence-electron chi connectivity index (χ2n) is 5.48. The molecule has 0 radical (unpaired) electrons. The van der Waals surface area contributed by atoms with Crippen LogP contribution in [0.5, 0.6) is 0 Å². The van der Waals surface area contributed by atoms with Gasteiger partial charge in [-0.1, -0.05) is 0 Å². The van der Waals surface area contributed by atoms with Gasteiger partial charge in [-0.25, -0.2) is 0 Å². The molecule has 1 heterocycles. The van der Waals surface area contributed by atoms with Gasteiger partial charge in [-0.15, -0.1) is 0 Å². The molecule has 1 aliphatic carbocycles.